The van der Waals surface area contributed by atoms with Crippen LogP contribution in [0.4, 0.5) is 0 Å². The highest BCUT2D eigenvalue weighted by Gasteiger charge is 2.33. The number of nitrogens with one attached hydrogen (secondary N) is 1. The van der Waals surface area contributed by atoms with Gasteiger partial charge in [0.15, 0.2) is 0 Å². The maximum Gasteiger partial charge on any atom is 0.0478 e. The SMILES string of the molecule is CN1CNC[C@](C)(C2=CCCCC2)C1. The van der Waals surface area contributed by atoms with Crippen LogP contribution >= 0.6 is 0 Å². The van der Waals surface area contributed by atoms with Crippen LogP contribution in [0.5, 0.6) is 0 Å². The molecule has 0 bridgehead atoms. The van der Waals surface area contributed by atoms with E-state index in [0.29, 0.717) is 5.41 Å². The summed E-state index contributed by atoms with van der Waals surface area (Å²) in [5.74, 6) is 0. The van der Waals surface area contributed by atoms with Gasteiger partial charge in [-0.1, -0.05) is 18.6 Å². The van der Waals surface area contributed by atoms with Gasteiger partial charge in [0, 0.05) is 25.2 Å². The molecular weight excluding hydrogens is 172 g/mol. The minimum Gasteiger partial charge on any atom is -0.303 e. The Kier molecular flexibility index (Phi) is 2.93. The average molecular weight is 194 g/mol. The first-order chi connectivity index (χ1) is 6.71. The van der Waals surface area contributed by atoms with Gasteiger partial charge in [0.05, 0.1) is 0 Å². The molecule has 1 aliphatic carbocycles. The number of rotatable bonds is 1. The summed E-state index contributed by atoms with van der Waals surface area (Å²) in [6, 6.07) is 0. The van der Waals surface area contributed by atoms with Gasteiger partial charge in [-0.25, -0.2) is 0 Å². The fraction of sp³-hybridized carbons (Fsp3) is 0.833. The van der Waals surface area contributed by atoms with E-state index in [1.54, 1.807) is 5.57 Å². The Bertz CT molecular complexity index is 234. The molecule has 0 aromatic carbocycles. The van der Waals surface area contributed by atoms with Crippen molar-refractivity contribution in [3.05, 3.63) is 11.6 Å². The monoisotopic (exact) mass is 194 g/mol. The normalized spacial score (nSPS) is 35.4. The van der Waals surface area contributed by atoms with E-state index in [0.717, 1.165) is 13.2 Å². The highest BCUT2D eigenvalue weighted by molar-refractivity contribution is 5.18. The van der Waals surface area contributed by atoms with Crippen molar-refractivity contribution in [3.8, 4) is 0 Å². The molecule has 2 nitrogen and oxygen atoms in total. The van der Waals surface area contributed by atoms with Crippen LogP contribution in [0, 0.1) is 5.41 Å². The summed E-state index contributed by atoms with van der Waals surface area (Å²) in [5, 5.41) is 3.51. The molecule has 1 fully saturated rings. The second-order valence-electron chi connectivity index (χ2n) is 5.13. The van der Waals surface area contributed by atoms with E-state index in [1.807, 2.05) is 0 Å². The molecule has 0 unspecified atom stereocenters. The highest BCUT2D eigenvalue weighted by atomic mass is 15.2. The van der Waals surface area contributed by atoms with E-state index in [9.17, 15) is 0 Å². The fourth-order valence-corrected chi connectivity index (χ4v) is 2.83. The lowest BCUT2D eigenvalue weighted by atomic mass is 9.76. The first-order valence-electron chi connectivity index (χ1n) is 5.79. The van der Waals surface area contributed by atoms with Gasteiger partial charge in [-0.2, -0.15) is 0 Å². The van der Waals surface area contributed by atoms with Crippen molar-refractivity contribution in [2.24, 2.45) is 5.41 Å². The molecule has 0 radical (unpaired) electrons. The van der Waals surface area contributed by atoms with E-state index in [4.69, 9.17) is 0 Å². The van der Waals surface area contributed by atoms with Gasteiger partial charge in [-0.15, -0.1) is 0 Å². The third-order valence-corrected chi connectivity index (χ3v) is 3.58. The summed E-state index contributed by atoms with van der Waals surface area (Å²) in [7, 11) is 2.20. The zero-order valence-corrected chi connectivity index (χ0v) is 9.47. The standard InChI is InChI=1S/C12H22N2/c1-12(8-13-10-14(2)9-12)11-6-4-3-5-7-11/h6,13H,3-5,7-10H2,1-2H3/t12-/m0/s1. The second kappa shape index (κ2) is 4.03. The van der Waals surface area contributed by atoms with E-state index in [-0.39, 0.29) is 0 Å². The van der Waals surface area contributed by atoms with Gasteiger partial charge in [0.25, 0.3) is 0 Å². The van der Waals surface area contributed by atoms with Crippen molar-refractivity contribution >= 4 is 0 Å². The zero-order valence-electron chi connectivity index (χ0n) is 9.47. The maximum atomic E-state index is 3.51. The minimum atomic E-state index is 0.396. The van der Waals surface area contributed by atoms with Gasteiger partial charge in [-0.3, -0.25) is 4.90 Å². The molecule has 1 aliphatic heterocycles. The van der Waals surface area contributed by atoms with E-state index >= 15 is 0 Å². The lowest BCUT2D eigenvalue weighted by molar-refractivity contribution is 0.149. The quantitative estimate of drug-likeness (QED) is 0.642. The summed E-state index contributed by atoms with van der Waals surface area (Å²) in [4.78, 5) is 2.39. The topological polar surface area (TPSA) is 15.3 Å². The average Bonchev–Trinajstić information content (AvgIpc) is 2.19. The van der Waals surface area contributed by atoms with Crippen molar-refractivity contribution in [1.29, 1.82) is 0 Å². The first kappa shape index (κ1) is 10.2. The molecule has 0 saturated carbocycles. The Hall–Kier alpha value is -0.340. The molecule has 1 saturated heterocycles. The number of hydrogen-bond donors (Lipinski definition) is 1. The molecule has 2 aliphatic rings. The van der Waals surface area contributed by atoms with Crippen molar-refractivity contribution in [2.75, 3.05) is 26.8 Å². The van der Waals surface area contributed by atoms with Crippen LogP contribution in [-0.4, -0.2) is 31.7 Å². The molecule has 0 amide bonds. The van der Waals surface area contributed by atoms with E-state index in [1.165, 1.54) is 32.2 Å². The summed E-state index contributed by atoms with van der Waals surface area (Å²) in [6.07, 6.45) is 7.90. The maximum absolute atomic E-state index is 3.51. The smallest absolute Gasteiger partial charge is 0.0478 e. The Balaban J connectivity index is 2.09. The Morgan fingerprint density at radius 2 is 2.29 bits per heavy atom. The zero-order chi connectivity index (χ0) is 10.0. The van der Waals surface area contributed by atoms with Crippen LogP contribution in [-0.2, 0) is 0 Å². The number of nitrogens with zero attached hydrogens (tertiary/aromatic N) is 1. The van der Waals surface area contributed by atoms with Crippen LogP contribution in [0.2, 0.25) is 0 Å². The first-order valence-corrected chi connectivity index (χ1v) is 5.79. The van der Waals surface area contributed by atoms with Crippen LogP contribution < -0.4 is 5.32 Å². The lowest BCUT2D eigenvalue weighted by Crippen LogP contribution is -2.51. The predicted molar refractivity (Wildman–Crippen MR) is 60.2 cm³/mol. The molecule has 2 rings (SSSR count). The van der Waals surface area contributed by atoms with Gasteiger partial charge < -0.3 is 5.32 Å². The third kappa shape index (κ3) is 2.01. The van der Waals surface area contributed by atoms with Crippen molar-refractivity contribution in [2.45, 2.75) is 32.6 Å². The molecule has 0 spiro atoms. The van der Waals surface area contributed by atoms with Crippen molar-refractivity contribution < 1.29 is 0 Å². The number of hydrogen-bond acceptors (Lipinski definition) is 2. The molecular formula is C12H22N2. The van der Waals surface area contributed by atoms with Crippen molar-refractivity contribution in [3.63, 3.8) is 0 Å². The minimum absolute atomic E-state index is 0.396. The molecule has 0 aromatic heterocycles. The summed E-state index contributed by atoms with van der Waals surface area (Å²) in [5.41, 5.74) is 2.09. The molecule has 0 aromatic rings. The van der Waals surface area contributed by atoms with Gasteiger partial charge in [-0.05, 0) is 32.7 Å². The molecule has 2 heteroatoms. The fourth-order valence-electron chi connectivity index (χ4n) is 2.83. The summed E-state index contributed by atoms with van der Waals surface area (Å²) < 4.78 is 0. The van der Waals surface area contributed by atoms with Gasteiger partial charge in [0.1, 0.15) is 0 Å². The second-order valence-corrected chi connectivity index (χ2v) is 5.13. The number of allylic oxidation sites excluding steroid dienone is 1. The van der Waals surface area contributed by atoms with Gasteiger partial charge >= 0.3 is 0 Å². The largest absolute Gasteiger partial charge is 0.303 e. The molecule has 1 heterocycles. The van der Waals surface area contributed by atoms with Crippen LogP contribution in [0.25, 0.3) is 0 Å². The molecule has 1 N–H and O–H groups in total. The lowest BCUT2D eigenvalue weighted by Gasteiger charge is -2.42. The van der Waals surface area contributed by atoms with Gasteiger partial charge in [0.2, 0.25) is 0 Å². The Morgan fingerprint density at radius 1 is 1.43 bits per heavy atom. The van der Waals surface area contributed by atoms with Crippen molar-refractivity contribution in [1.82, 2.24) is 10.2 Å². The summed E-state index contributed by atoms with van der Waals surface area (Å²) in [6.45, 7) is 5.82. The molecule has 80 valence electrons. The Labute approximate surface area is 87.4 Å². The summed E-state index contributed by atoms with van der Waals surface area (Å²) >= 11 is 0. The van der Waals surface area contributed by atoms with Crippen LogP contribution in [0.15, 0.2) is 11.6 Å². The highest BCUT2D eigenvalue weighted by Crippen LogP contribution is 2.35. The van der Waals surface area contributed by atoms with E-state index in [2.05, 4.69) is 30.3 Å². The molecule has 1 atom stereocenters. The third-order valence-electron chi connectivity index (χ3n) is 3.58. The molecule has 14 heavy (non-hydrogen) atoms. The van der Waals surface area contributed by atoms with Crippen LogP contribution in [0.3, 0.4) is 0 Å². The Morgan fingerprint density at radius 3 is 2.93 bits per heavy atom. The van der Waals surface area contributed by atoms with E-state index < -0.39 is 0 Å². The predicted octanol–water partition coefficient (Wildman–Crippen LogP) is 1.99. The van der Waals surface area contributed by atoms with Crippen LogP contribution in [0.1, 0.15) is 32.6 Å².